The van der Waals surface area contributed by atoms with Gasteiger partial charge in [-0.1, -0.05) is 24.3 Å². The average Bonchev–Trinajstić information content (AvgIpc) is 2.98. The zero-order chi connectivity index (χ0) is 17.1. The van der Waals surface area contributed by atoms with Gasteiger partial charge in [-0.05, 0) is 43.6 Å². The summed E-state index contributed by atoms with van der Waals surface area (Å²) in [5.74, 6) is -0.0502. The van der Waals surface area contributed by atoms with Crippen LogP contribution < -0.4 is 5.32 Å². The molecule has 128 valence electrons. The van der Waals surface area contributed by atoms with E-state index < -0.39 is 0 Å². The van der Waals surface area contributed by atoms with Crippen LogP contribution in [0.3, 0.4) is 0 Å². The maximum atomic E-state index is 12.5. The van der Waals surface area contributed by atoms with Gasteiger partial charge in [0.15, 0.2) is 0 Å². The molecular weight excluding hydrogens is 302 g/mol. The topological polar surface area (TPSA) is 52.7 Å². The van der Waals surface area contributed by atoms with Crippen LogP contribution in [0.2, 0.25) is 0 Å². The fourth-order valence-corrected chi connectivity index (χ4v) is 3.63. The molecular formula is C19H25N3O2. The number of hydrogen-bond acceptors (Lipinski definition) is 3. The molecule has 5 heteroatoms. The third-order valence-corrected chi connectivity index (χ3v) is 5.05. The van der Waals surface area contributed by atoms with Gasteiger partial charge in [0.25, 0.3) is 0 Å². The molecule has 2 heterocycles. The lowest BCUT2D eigenvalue weighted by Crippen LogP contribution is -2.40. The second-order valence-corrected chi connectivity index (χ2v) is 6.67. The van der Waals surface area contributed by atoms with E-state index in [1.54, 1.807) is 11.1 Å². The minimum Gasteiger partial charge on any atom is -0.354 e. The highest BCUT2D eigenvalue weighted by Gasteiger charge is 2.28. The van der Waals surface area contributed by atoms with Crippen LogP contribution in [0.5, 0.6) is 0 Å². The van der Waals surface area contributed by atoms with Gasteiger partial charge < -0.3 is 15.1 Å². The standard InChI is InChI=1S/C19H25N3O2/c1-14(23)22-11-9-15-6-3-4-8-17(15)18(22)12-19(24)20-13-16-7-5-10-21(16)2/h3-4,6,8-9,11,16,18H,5,7,10,12-13H2,1-2H3,(H,20,24)/t16-,18+/m1/s1. The number of rotatable bonds is 4. The summed E-state index contributed by atoms with van der Waals surface area (Å²) in [5.41, 5.74) is 2.10. The lowest BCUT2D eigenvalue weighted by atomic mass is 9.93. The first kappa shape index (κ1) is 16.7. The number of amides is 2. The van der Waals surface area contributed by atoms with Gasteiger partial charge in [-0.15, -0.1) is 0 Å². The van der Waals surface area contributed by atoms with Crippen molar-refractivity contribution in [2.75, 3.05) is 20.1 Å². The molecule has 2 aliphatic heterocycles. The minimum absolute atomic E-state index is 0.00310. The SMILES string of the molecule is CC(=O)N1C=Cc2ccccc2[C@@H]1CC(=O)NC[C@H]1CCCN1C. The van der Waals surface area contributed by atoms with Crippen LogP contribution in [0.25, 0.3) is 6.08 Å². The molecule has 0 spiro atoms. The molecule has 0 saturated carbocycles. The number of benzene rings is 1. The van der Waals surface area contributed by atoms with E-state index in [4.69, 9.17) is 0 Å². The molecule has 1 saturated heterocycles. The first-order valence-electron chi connectivity index (χ1n) is 8.59. The van der Waals surface area contributed by atoms with Gasteiger partial charge in [-0.25, -0.2) is 0 Å². The first-order valence-corrected chi connectivity index (χ1v) is 8.59. The molecule has 5 nitrogen and oxygen atoms in total. The summed E-state index contributed by atoms with van der Waals surface area (Å²) in [7, 11) is 2.10. The van der Waals surface area contributed by atoms with E-state index in [1.165, 1.54) is 13.3 Å². The zero-order valence-corrected chi connectivity index (χ0v) is 14.4. The van der Waals surface area contributed by atoms with Crippen LogP contribution in [0.4, 0.5) is 0 Å². The molecule has 3 rings (SSSR count). The van der Waals surface area contributed by atoms with Crippen molar-refractivity contribution in [3.63, 3.8) is 0 Å². The van der Waals surface area contributed by atoms with E-state index in [2.05, 4.69) is 17.3 Å². The smallest absolute Gasteiger partial charge is 0.223 e. The highest BCUT2D eigenvalue weighted by molar-refractivity contribution is 5.81. The van der Waals surface area contributed by atoms with E-state index in [-0.39, 0.29) is 24.3 Å². The Hall–Kier alpha value is -2.14. The van der Waals surface area contributed by atoms with E-state index in [0.717, 1.165) is 24.1 Å². The molecule has 24 heavy (non-hydrogen) atoms. The first-order chi connectivity index (χ1) is 11.6. The van der Waals surface area contributed by atoms with E-state index in [0.29, 0.717) is 12.6 Å². The van der Waals surface area contributed by atoms with Crippen LogP contribution in [0.15, 0.2) is 30.5 Å². The summed E-state index contributed by atoms with van der Waals surface area (Å²) >= 11 is 0. The molecule has 2 aliphatic rings. The van der Waals surface area contributed by atoms with E-state index in [1.807, 2.05) is 30.3 Å². The number of likely N-dealkylation sites (N-methyl/N-ethyl adjacent to an activating group) is 1. The number of nitrogens with one attached hydrogen (secondary N) is 1. The predicted molar refractivity (Wildman–Crippen MR) is 94.0 cm³/mol. The Balaban J connectivity index is 1.68. The molecule has 0 radical (unpaired) electrons. The third kappa shape index (κ3) is 3.51. The lowest BCUT2D eigenvalue weighted by Gasteiger charge is -2.32. The molecule has 2 amide bonds. The normalized spacial score (nSPS) is 23.2. The zero-order valence-electron chi connectivity index (χ0n) is 14.4. The number of carbonyl (C=O) groups excluding carboxylic acids is 2. The molecule has 0 unspecified atom stereocenters. The van der Waals surface area contributed by atoms with Crippen molar-refractivity contribution in [1.29, 1.82) is 0 Å². The number of nitrogens with zero attached hydrogens (tertiary/aromatic N) is 2. The largest absolute Gasteiger partial charge is 0.354 e. The van der Waals surface area contributed by atoms with Crippen molar-refractivity contribution in [3.05, 3.63) is 41.6 Å². The molecule has 1 aromatic rings. The molecule has 0 bridgehead atoms. The molecule has 2 atom stereocenters. The van der Waals surface area contributed by atoms with Crippen molar-refractivity contribution in [2.24, 2.45) is 0 Å². The Bertz CT molecular complexity index is 656. The molecule has 0 aromatic heterocycles. The van der Waals surface area contributed by atoms with Crippen molar-refractivity contribution in [2.45, 2.75) is 38.3 Å². The highest BCUT2D eigenvalue weighted by Crippen LogP contribution is 2.32. The van der Waals surface area contributed by atoms with Crippen molar-refractivity contribution >= 4 is 17.9 Å². The quantitative estimate of drug-likeness (QED) is 0.922. The van der Waals surface area contributed by atoms with Gasteiger partial charge in [-0.2, -0.15) is 0 Å². The lowest BCUT2D eigenvalue weighted by molar-refractivity contribution is -0.130. The second kappa shape index (κ2) is 7.18. The van der Waals surface area contributed by atoms with Crippen molar-refractivity contribution in [3.8, 4) is 0 Å². The van der Waals surface area contributed by atoms with Gasteiger partial charge in [0.1, 0.15) is 0 Å². The summed E-state index contributed by atoms with van der Waals surface area (Å²) in [6.45, 7) is 3.32. The van der Waals surface area contributed by atoms with Crippen LogP contribution in [-0.4, -0.2) is 47.8 Å². The van der Waals surface area contributed by atoms with Crippen molar-refractivity contribution < 1.29 is 9.59 Å². The van der Waals surface area contributed by atoms with E-state index in [9.17, 15) is 9.59 Å². The monoisotopic (exact) mass is 327 g/mol. The number of fused-ring (bicyclic) bond motifs is 1. The van der Waals surface area contributed by atoms with Crippen LogP contribution >= 0.6 is 0 Å². The average molecular weight is 327 g/mol. The second-order valence-electron chi connectivity index (χ2n) is 6.67. The number of carbonyl (C=O) groups is 2. The molecule has 1 fully saturated rings. The Morgan fingerprint density at radius 1 is 1.29 bits per heavy atom. The molecule has 0 aliphatic carbocycles. The highest BCUT2D eigenvalue weighted by atomic mass is 16.2. The number of hydrogen-bond donors (Lipinski definition) is 1. The minimum atomic E-state index is -0.231. The Morgan fingerprint density at radius 2 is 2.08 bits per heavy atom. The fourth-order valence-electron chi connectivity index (χ4n) is 3.63. The Kier molecular flexibility index (Phi) is 5.00. The predicted octanol–water partition coefficient (Wildman–Crippen LogP) is 2.16. The van der Waals surface area contributed by atoms with Gasteiger partial charge in [0.2, 0.25) is 11.8 Å². The van der Waals surface area contributed by atoms with Gasteiger partial charge >= 0.3 is 0 Å². The van der Waals surface area contributed by atoms with Crippen molar-refractivity contribution in [1.82, 2.24) is 15.1 Å². The maximum Gasteiger partial charge on any atom is 0.223 e. The van der Waals surface area contributed by atoms with Crippen LogP contribution in [0, 0.1) is 0 Å². The van der Waals surface area contributed by atoms with Gasteiger partial charge in [0, 0.05) is 25.7 Å². The van der Waals surface area contributed by atoms with Crippen LogP contribution in [-0.2, 0) is 9.59 Å². The molecule has 1 N–H and O–H groups in total. The summed E-state index contributed by atoms with van der Waals surface area (Å²) in [4.78, 5) is 28.4. The number of likely N-dealkylation sites (tertiary alicyclic amines) is 1. The van der Waals surface area contributed by atoms with E-state index >= 15 is 0 Å². The van der Waals surface area contributed by atoms with Gasteiger partial charge in [-0.3, -0.25) is 9.59 Å². The third-order valence-electron chi connectivity index (χ3n) is 5.05. The summed E-state index contributed by atoms with van der Waals surface area (Å²) in [6, 6.07) is 8.13. The summed E-state index contributed by atoms with van der Waals surface area (Å²) in [6.07, 6.45) is 6.32. The maximum absolute atomic E-state index is 12.5. The molecule has 1 aromatic carbocycles. The van der Waals surface area contributed by atoms with Crippen LogP contribution in [0.1, 0.15) is 43.4 Å². The fraction of sp³-hybridized carbons (Fsp3) is 0.474. The Morgan fingerprint density at radius 3 is 2.79 bits per heavy atom. The summed E-state index contributed by atoms with van der Waals surface area (Å²) < 4.78 is 0. The van der Waals surface area contributed by atoms with Gasteiger partial charge in [0.05, 0.1) is 12.5 Å². The summed E-state index contributed by atoms with van der Waals surface area (Å²) in [5, 5.41) is 3.05. The Labute approximate surface area is 143 Å².